The van der Waals surface area contributed by atoms with Gasteiger partial charge in [0.2, 0.25) is 0 Å². The van der Waals surface area contributed by atoms with Gasteiger partial charge in [-0.05, 0) is 31.5 Å². The first-order valence-corrected chi connectivity index (χ1v) is 5.60. The molecule has 0 aromatic heterocycles. The van der Waals surface area contributed by atoms with Gasteiger partial charge in [0, 0.05) is 24.3 Å². The van der Waals surface area contributed by atoms with Crippen molar-refractivity contribution >= 4 is 5.69 Å². The van der Waals surface area contributed by atoms with Crippen LogP contribution in [0.15, 0.2) is 18.2 Å². The van der Waals surface area contributed by atoms with Crippen molar-refractivity contribution in [1.82, 2.24) is 5.32 Å². The van der Waals surface area contributed by atoms with Gasteiger partial charge in [0.25, 0.3) is 0 Å². The van der Waals surface area contributed by atoms with Crippen molar-refractivity contribution in [3.05, 3.63) is 24.0 Å². The fourth-order valence-corrected chi connectivity index (χ4v) is 1.94. The van der Waals surface area contributed by atoms with Gasteiger partial charge in [-0.15, -0.1) is 0 Å². The first-order chi connectivity index (χ1) is 7.79. The Morgan fingerprint density at radius 2 is 2.44 bits per heavy atom. The number of benzene rings is 1. The third-order valence-electron chi connectivity index (χ3n) is 2.87. The minimum absolute atomic E-state index is 0.282. The Labute approximate surface area is 95.0 Å². The summed E-state index contributed by atoms with van der Waals surface area (Å²) in [6.07, 6.45) is 2.43. The van der Waals surface area contributed by atoms with Gasteiger partial charge >= 0.3 is 0 Å². The maximum absolute atomic E-state index is 13.1. The molecule has 2 rings (SSSR count). The molecular weight excluding hydrogens is 207 g/mol. The largest absolute Gasteiger partial charge is 0.494 e. The molecule has 1 heterocycles. The second kappa shape index (κ2) is 5.16. The Bertz CT molecular complexity index is 351. The SMILES string of the molecule is COc1cc(NCC2CCCN2)ccc1F. The van der Waals surface area contributed by atoms with Crippen LogP contribution < -0.4 is 15.4 Å². The molecule has 0 aliphatic carbocycles. The van der Waals surface area contributed by atoms with Gasteiger partial charge in [0.15, 0.2) is 11.6 Å². The van der Waals surface area contributed by atoms with Gasteiger partial charge in [-0.2, -0.15) is 0 Å². The molecule has 1 atom stereocenters. The summed E-state index contributed by atoms with van der Waals surface area (Å²) in [6.45, 7) is 1.97. The molecule has 4 heteroatoms. The van der Waals surface area contributed by atoms with Crippen LogP contribution in [0.3, 0.4) is 0 Å². The summed E-state index contributed by atoms with van der Waals surface area (Å²) in [7, 11) is 1.47. The highest BCUT2D eigenvalue weighted by molar-refractivity contribution is 5.48. The lowest BCUT2D eigenvalue weighted by Crippen LogP contribution is -2.29. The molecule has 1 saturated heterocycles. The summed E-state index contributed by atoms with van der Waals surface area (Å²) in [4.78, 5) is 0. The maximum atomic E-state index is 13.1. The fourth-order valence-electron chi connectivity index (χ4n) is 1.94. The van der Waals surface area contributed by atoms with Crippen molar-refractivity contribution in [3.8, 4) is 5.75 Å². The number of anilines is 1. The van der Waals surface area contributed by atoms with Gasteiger partial charge in [-0.25, -0.2) is 4.39 Å². The first kappa shape index (κ1) is 11.2. The van der Waals surface area contributed by atoms with Crippen LogP contribution >= 0.6 is 0 Å². The van der Waals surface area contributed by atoms with Crippen LogP contribution in [-0.2, 0) is 0 Å². The van der Waals surface area contributed by atoms with Crippen LogP contribution in [0, 0.1) is 5.82 Å². The number of nitrogens with one attached hydrogen (secondary N) is 2. The van der Waals surface area contributed by atoms with E-state index < -0.39 is 0 Å². The zero-order chi connectivity index (χ0) is 11.4. The average molecular weight is 224 g/mol. The third kappa shape index (κ3) is 2.64. The molecule has 3 nitrogen and oxygen atoms in total. The van der Waals surface area contributed by atoms with Crippen LogP contribution in [0.5, 0.6) is 5.75 Å². The van der Waals surface area contributed by atoms with Crippen LogP contribution in [0.4, 0.5) is 10.1 Å². The van der Waals surface area contributed by atoms with E-state index in [0.29, 0.717) is 6.04 Å². The lowest BCUT2D eigenvalue weighted by Gasteiger charge is -2.13. The Balaban J connectivity index is 1.93. The molecule has 1 unspecified atom stereocenters. The molecule has 2 N–H and O–H groups in total. The molecule has 1 aromatic carbocycles. The first-order valence-electron chi connectivity index (χ1n) is 5.60. The number of hydrogen-bond acceptors (Lipinski definition) is 3. The molecule has 0 amide bonds. The normalized spacial score (nSPS) is 19.8. The van der Waals surface area contributed by atoms with Gasteiger partial charge in [0.1, 0.15) is 0 Å². The van der Waals surface area contributed by atoms with Gasteiger partial charge in [-0.3, -0.25) is 0 Å². The lowest BCUT2D eigenvalue weighted by atomic mass is 10.2. The molecule has 88 valence electrons. The number of hydrogen-bond donors (Lipinski definition) is 2. The van der Waals surface area contributed by atoms with Crippen LogP contribution in [0.1, 0.15) is 12.8 Å². The van der Waals surface area contributed by atoms with E-state index >= 15 is 0 Å². The molecule has 0 radical (unpaired) electrons. The van der Waals surface area contributed by atoms with E-state index in [4.69, 9.17) is 4.74 Å². The second-order valence-electron chi connectivity index (χ2n) is 4.02. The summed E-state index contributed by atoms with van der Waals surface area (Å²) in [5.74, 6) is -0.0450. The van der Waals surface area contributed by atoms with Gasteiger partial charge in [0.05, 0.1) is 7.11 Å². The molecule has 1 fully saturated rings. The van der Waals surface area contributed by atoms with E-state index in [-0.39, 0.29) is 11.6 Å². The van der Waals surface area contributed by atoms with Crippen LogP contribution in [0.25, 0.3) is 0 Å². The van der Waals surface area contributed by atoms with Gasteiger partial charge in [-0.1, -0.05) is 0 Å². The van der Waals surface area contributed by atoms with Crippen molar-refractivity contribution in [2.24, 2.45) is 0 Å². The Kier molecular flexibility index (Phi) is 3.62. The van der Waals surface area contributed by atoms with Crippen molar-refractivity contribution < 1.29 is 9.13 Å². The summed E-state index contributed by atoms with van der Waals surface area (Å²) >= 11 is 0. The van der Waals surface area contributed by atoms with E-state index in [1.54, 1.807) is 12.1 Å². The van der Waals surface area contributed by atoms with Crippen molar-refractivity contribution in [2.45, 2.75) is 18.9 Å². The van der Waals surface area contributed by atoms with E-state index in [1.807, 2.05) is 0 Å². The van der Waals surface area contributed by atoms with Crippen molar-refractivity contribution in [3.63, 3.8) is 0 Å². The number of methoxy groups -OCH3 is 1. The van der Waals surface area contributed by atoms with Crippen molar-refractivity contribution in [1.29, 1.82) is 0 Å². The van der Waals surface area contributed by atoms with E-state index in [0.717, 1.165) is 18.8 Å². The molecule has 1 aromatic rings. The molecule has 0 bridgehead atoms. The quantitative estimate of drug-likeness (QED) is 0.820. The Morgan fingerprint density at radius 1 is 1.56 bits per heavy atom. The zero-order valence-electron chi connectivity index (χ0n) is 9.42. The van der Waals surface area contributed by atoms with Crippen LogP contribution in [0.2, 0.25) is 0 Å². The minimum Gasteiger partial charge on any atom is -0.494 e. The standard InChI is InChI=1S/C12H17FN2O/c1-16-12-7-9(4-5-11(12)13)15-8-10-3-2-6-14-10/h4-5,7,10,14-15H,2-3,6,8H2,1H3. The summed E-state index contributed by atoms with van der Waals surface area (Å²) < 4.78 is 18.1. The lowest BCUT2D eigenvalue weighted by molar-refractivity contribution is 0.387. The highest BCUT2D eigenvalue weighted by atomic mass is 19.1. The second-order valence-corrected chi connectivity index (χ2v) is 4.02. The molecule has 1 aliphatic heterocycles. The van der Waals surface area contributed by atoms with Gasteiger partial charge < -0.3 is 15.4 Å². The zero-order valence-corrected chi connectivity index (χ0v) is 9.42. The highest BCUT2D eigenvalue weighted by Gasteiger charge is 2.13. The topological polar surface area (TPSA) is 33.3 Å². The highest BCUT2D eigenvalue weighted by Crippen LogP contribution is 2.21. The summed E-state index contributed by atoms with van der Waals surface area (Å²) in [5.41, 5.74) is 0.895. The maximum Gasteiger partial charge on any atom is 0.165 e. The summed E-state index contributed by atoms with van der Waals surface area (Å²) in [6, 6.07) is 5.36. The molecule has 0 spiro atoms. The molecule has 1 aliphatic rings. The monoisotopic (exact) mass is 224 g/mol. The Morgan fingerprint density at radius 3 is 3.12 bits per heavy atom. The number of ether oxygens (including phenoxy) is 1. The predicted molar refractivity (Wildman–Crippen MR) is 62.5 cm³/mol. The predicted octanol–water partition coefficient (Wildman–Crippen LogP) is 2.00. The molecular formula is C12H17FN2O. The smallest absolute Gasteiger partial charge is 0.165 e. The molecule has 0 saturated carbocycles. The number of halogens is 1. The third-order valence-corrected chi connectivity index (χ3v) is 2.87. The van der Waals surface area contributed by atoms with E-state index in [9.17, 15) is 4.39 Å². The Hall–Kier alpha value is -1.29. The minimum atomic E-state index is -0.327. The van der Waals surface area contributed by atoms with Crippen LogP contribution in [-0.4, -0.2) is 26.2 Å². The molecule has 16 heavy (non-hydrogen) atoms. The summed E-state index contributed by atoms with van der Waals surface area (Å²) in [5, 5.41) is 6.68. The van der Waals surface area contributed by atoms with Crippen molar-refractivity contribution in [2.75, 3.05) is 25.5 Å². The van der Waals surface area contributed by atoms with E-state index in [2.05, 4.69) is 10.6 Å². The van der Waals surface area contributed by atoms with E-state index in [1.165, 1.54) is 26.0 Å². The fraction of sp³-hybridized carbons (Fsp3) is 0.500. The average Bonchev–Trinajstić information content (AvgIpc) is 2.81. The number of rotatable bonds is 4.